The maximum absolute atomic E-state index is 12.9. The van der Waals surface area contributed by atoms with Crippen molar-refractivity contribution in [1.82, 2.24) is 4.98 Å². The van der Waals surface area contributed by atoms with Crippen molar-refractivity contribution >= 4 is 24.2 Å². The summed E-state index contributed by atoms with van der Waals surface area (Å²) in [4.78, 5) is 4.57. The van der Waals surface area contributed by atoms with Gasteiger partial charge in [-0.2, -0.15) is 5.26 Å². The first kappa shape index (κ1) is 24.6. The molecular formula is C25H29N3O3SSi. The molecule has 3 aromatic rings. The maximum Gasteiger partial charge on any atom is 0.263 e. The molecule has 0 saturated heterocycles. The zero-order valence-electron chi connectivity index (χ0n) is 19.6. The van der Waals surface area contributed by atoms with Gasteiger partial charge in [0.15, 0.2) is 8.32 Å². The number of nitriles is 1. The molecule has 3 rings (SSSR count). The number of anilines is 1. The Morgan fingerprint density at radius 3 is 2.09 bits per heavy atom. The summed E-state index contributed by atoms with van der Waals surface area (Å²) in [6, 6.07) is 21.0. The molecule has 0 aliphatic rings. The van der Waals surface area contributed by atoms with Crippen molar-refractivity contribution < 1.29 is 12.8 Å². The van der Waals surface area contributed by atoms with E-state index in [1.807, 2.05) is 18.2 Å². The Kier molecular flexibility index (Phi) is 7.08. The van der Waals surface area contributed by atoms with Gasteiger partial charge in [0.25, 0.3) is 10.0 Å². The van der Waals surface area contributed by atoms with Crippen LogP contribution in [0.15, 0.2) is 71.6 Å². The molecule has 33 heavy (non-hydrogen) atoms. The topological polar surface area (TPSA) is 92.1 Å². The molecule has 0 unspecified atom stereocenters. The molecule has 0 spiro atoms. The number of hydrogen-bond donors (Lipinski definition) is 1. The minimum Gasteiger partial charge on any atom is -0.411 e. The first-order valence-corrected chi connectivity index (χ1v) is 15.0. The van der Waals surface area contributed by atoms with E-state index in [1.54, 1.807) is 48.5 Å². The fourth-order valence-electron chi connectivity index (χ4n) is 2.85. The summed E-state index contributed by atoms with van der Waals surface area (Å²) in [6.07, 6.45) is 0. The van der Waals surface area contributed by atoms with Crippen LogP contribution in [-0.2, 0) is 21.1 Å². The van der Waals surface area contributed by atoms with E-state index in [9.17, 15) is 8.42 Å². The first-order chi connectivity index (χ1) is 15.4. The lowest BCUT2D eigenvalue weighted by atomic mass is 10.0. The smallest absolute Gasteiger partial charge is 0.263 e. The number of sulfonamides is 1. The summed E-state index contributed by atoms with van der Waals surface area (Å²) >= 11 is 0. The minimum absolute atomic E-state index is 0.0795. The van der Waals surface area contributed by atoms with Crippen LogP contribution in [0.1, 0.15) is 32.0 Å². The van der Waals surface area contributed by atoms with Crippen LogP contribution in [0.5, 0.6) is 0 Å². The molecule has 0 fully saturated rings. The Balaban J connectivity index is 1.72. The molecule has 0 radical (unpaired) electrons. The highest BCUT2D eigenvalue weighted by Crippen LogP contribution is 2.37. The van der Waals surface area contributed by atoms with Crippen LogP contribution in [0, 0.1) is 11.3 Å². The van der Waals surface area contributed by atoms with Gasteiger partial charge in [0.2, 0.25) is 0 Å². The van der Waals surface area contributed by atoms with E-state index in [4.69, 9.17) is 9.69 Å². The third-order valence-corrected chi connectivity index (χ3v) is 11.8. The minimum atomic E-state index is -3.79. The molecule has 6 nitrogen and oxygen atoms in total. The van der Waals surface area contributed by atoms with Crippen molar-refractivity contribution in [3.8, 4) is 17.2 Å². The lowest BCUT2D eigenvalue weighted by Crippen LogP contribution is -2.40. The average Bonchev–Trinajstić information content (AvgIpc) is 2.77. The number of benzene rings is 2. The molecular weight excluding hydrogens is 450 g/mol. The van der Waals surface area contributed by atoms with Crippen LogP contribution in [0.25, 0.3) is 11.1 Å². The van der Waals surface area contributed by atoms with Crippen molar-refractivity contribution in [1.29, 1.82) is 5.26 Å². The van der Waals surface area contributed by atoms with E-state index < -0.39 is 18.3 Å². The van der Waals surface area contributed by atoms with Gasteiger partial charge < -0.3 is 4.43 Å². The van der Waals surface area contributed by atoms with Gasteiger partial charge in [0.1, 0.15) is 5.82 Å². The number of nitrogens with zero attached hydrogens (tertiary/aromatic N) is 2. The molecule has 0 saturated carbocycles. The molecule has 2 aromatic carbocycles. The number of aromatic nitrogens is 1. The SMILES string of the molecule is CC(C)(C)[Si](C)(C)OCc1cccc(NS(=O)(=O)c2ccc(-c3ccc(C#N)cc3)cc2)n1. The van der Waals surface area contributed by atoms with E-state index in [-0.39, 0.29) is 15.8 Å². The predicted octanol–water partition coefficient (Wildman–Crippen LogP) is 5.94. The van der Waals surface area contributed by atoms with Gasteiger partial charge in [0.05, 0.1) is 28.8 Å². The van der Waals surface area contributed by atoms with Crippen LogP contribution >= 0.6 is 0 Å². The monoisotopic (exact) mass is 479 g/mol. The van der Waals surface area contributed by atoms with Crippen LogP contribution in [0.3, 0.4) is 0 Å². The van der Waals surface area contributed by atoms with Crippen LogP contribution in [0.2, 0.25) is 18.1 Å². The van der Waals surface area contributed by atoms with Gasteiger partial charge in [-0.3, -0.25) is 4.72 Å². The third-order valence-electron chi connectivity index (χ3n) is 5.94. The molecule has 172 valence electrons. The molecule has 8 heteroatoms. The highest BCUT2D eigenvalue weighted by Gasteiger charge is 2.37. The van der Waals surface area contributed by atoms with Crippen molar-refractivity contribution in [2.45, 2.75) is 50.4 Å². The second kappa shape index (κ2) is 9.47. The fraction of sp³-hybridized carbons (Fsp3) is 0.280. The van der Waals surface area contributed by atoms with E-state index in [0.29, 0.717) is 17.9 Å². The summed E-state index contributed by atoms with van der Waals surface area (Å²) in [5.41, 5.74) is 3.02. The zero-order valence-corrected chi connectivity index (χ0v) is 21.4. The molecule has 1 aromatic heterocycles. The van der Waals surface area contributed by atoms with Crippen molar-refractivity contribution in [2.24, 2.45) is 0 Å². The standard InChI is InChI=1S/C25H29N3O3SSi/c1-25(2,3)33(4,5)31-18-22-7-6-8-24(27-22)28-32(29,30)23-15-13-21(14-16-23)20-11-9-19(17-26)10-12-20/h6-16H,18H2,1-5H3,(H,27,28). The summed E-state index contributed by atoms with van der Waals surface area (Å²) in [5, 5.41) is 9.01. The Hall–Kier alpha value is -2.99. The lowest BCUT2D eigenvalue weighted by molar-refractivity contribution is 0.272. The normalized spacial score (nSPS) is 12.2. The van der Waals surface area contributed by atoms with Gasteiger partial charge >= 0.3 is 0 Å². The Morgan fingerprint density at radius 1 is 0.970 bits per heavy atom. The second-order valence-corrected chi connectivity index (χ2v) is 15.9. The quantitative estimate of drug-likeness (QED) is 0.423. The number of rotatable bonds is 7. The third kappa shape index (κ3) is 6.08. The summed E-state index contributed by atoms with van der Waals surface area (Å²) in [5.74, 6) is 0.252. The maximum atomic E-state index is 12.9. The van der Waals surface area contributed by atoms with Crippen LogP contribution in [0.4, 0.5) is 5.82 Å². The molecule has 0 bridgehead atoms. The van der Waals surface area contributed by atoms with Gasteiger partial charge in [0, 0.05) is 0 Å². The molecule has 1 heterocycles. The second-order valence-electron chi connectivity index (χ2n) is 9.38. The number of hydrogen-bond acceptors (Lipinski definition) is 5. The zero-order chi connectivity index (χ0) is 24.3. The highest BCUT2D eigenvalue weighted by molar-refractivity contribution is 7.92. The number of nitrogens with one attached hydrogen (secondary N) is 1. The molecule has 1 N–H and O–H groups in total. The average molecular weight is 480 g/mol. The Bertz CT molecular complexity index is 1260. The number of pyridine rings is 1. The van der Waals surface area contributed by atoms with Crippen molar-refractivity contribution in [3.63, 3.8) is 0 Å². The van der Waals surface area contributed by atoms with Gasteiger partial charge in [-0.1, -0.05) is 51.1 Å². The van der Waals surface area contributed by atoms with Gasteiger partial charge in [-0.05, 0) is 65.7 Å². The van der Waals surface area contributed by atoms with Crippen molar-refractivity contribution in [3.05, 3.63) is 78.0 Å². The summed E-state index contributed by atoms with van der Waals surface area (Å²) < 4.78 is 34.5. The Morgan fingerprint density at radius 2 is 1.55 bits per heavy atom. The molecule has 0 aliphatic carbocycles. The predicted molar refractivity (Wildman–Crippen MR) is 134 cm³/mol. The van der Waals surface area contributed by atoms with Crippen LogP contribution < -0.4 is 4.72 Å². The highest BCUT2D eigenvalue weighted by atomic mass is 32.2. The van der Waals surface area contributed by atoms with Gasteiger partial charge in [-0.25, -0.2) is 13.4 Å². The van der Waals surface area contributed by atoms with E-state index in [0.717, 1.165) is 11.1 Å². The summed E-state index contributed by atoms with van der Waals surface area (Å²) in [7, 11) is -5.73. The first-order valence-electron chi connectivity index (χ1n) is 10.6. The van der Waals surface area contributed by atoms with E-state index in [2.05, 4.69) is 49.6 Å². The van der Waals surface area contributed by atoms with E-state index >= 15 is 0 Å². The molecule has 0 aliphatic heterocycles. The van der Waals surface area contributed by atoms with E-state index in [1.165, 1.54) is 0 Å². The van der Waals surface area contributed by atoms with Crippen LogP contribution in [-0.4, -0.2) is 21.7 Å². The van der Waals surface area contributed by atoms with Gasteiger partial charge in [-0.15, -0.1) is 0 Å². The fourth-order valence-corrected chi connectivity index (χ4v) is 4.79. The largest absolute Gasteiger partial charge is 0.411 e. The lowest BCUT2D eigenvalue weighted by Gasteiger charge is -2.36. The molecule has 0 amide bonds. The molecule has 0 atom stereocenters. The Labute approximate surface area is 197 Å². The van der Waals surface area contributed by atoms with Crippen molar-refractivity contribution in [2.75, 3.05) is 4.72 Å². The summed E-state index contributed by atoms with van der Waals surface area (Å²) in [6.45, 7) is 11.2.